The first-order valence-corrected chi connectivity index (χ1v) is 10.9. The zero-order valence-electron chi connectivity index (χ0n) is 15.4. The molecule has 0 atom stereocenters. The van der Waals surface area contributed by atoms with Gasteiger partial charge in [-0.05, 0) is 18.4 Å². The van der Waals surface area contributed by atoms with Crippen LogP contribution in [0.15, 0.2) is 71.0 Å². The van der Waals surface area contributed by atoms with Gasteiger partial charge < -0.3 is 24.0 Å². The third kappa shape index (κ3) is 4.31. The van der Waals surface area contributed by atoms with Gasteiger partial charge in [-0.3, -0.25) is 4.79 Å². The van der Waals surface area contributed by atoms with E-state index in [0.29, 0.717) is 5.56 Å². The number of rotatable bonds is 2. The molecule has 0 bridgehead atoms. The number of nitrogens with zero attached hydrogens (tertiary/aromatic N) is 3. The lowest BCUT2D eigenvalue weighted by molar-refractivity contribution is -0.673. The molecule has 1 amide bonds. The zero-order chi connectivity index (χ0) is 18.6. The van der Waals surface area contributed by atoms with Crippen LogP contribution in [0.2, 0.25) is 0 Å². The molecule has 3 aromatic rings. The summed E-state index contributed by atoms with van der Waals surface area (Å²) in [5.74, 6) is -0.197. The number of fused-ring (bicyclic) bond motifs is 1. The van der Waals surface area contributed by atoms with Crippen LogP contribution >= 0.6 is 23.1 Å². The number of thiazole rings is 1. The number of thioether (sulfide) groups is 1. The number of halogens is 1. The molecule has 1 aliphatic rings. The molecule has 144 valence electrons. The molecular formula is C21H20IN3OS2. The van der Waals surface area contributed by atoms with Gasteiger partial charge in [0.2, 0.25) is 0 Å². The maximum absolute atomic E-state index is 12.6. The molecule has 28 heavy (non-hydrogen) atoms. The summed E-state index contributed by atoms with van der Waals surface area (Å²) < 4.78 is 2.34. The highest BCUT2D eigenvalue weighted by Gasteiger charge is 2.33. The molecule has 4 rings (SSSR count). The summed E-state index contributed by atoms with van der Waals surface area (Å²) >= 11 is 3.22. The fourth-order valence-electron chi connectivity index (χ4n) is 3.21. The van der Waals surface area contributed by atoms with Crippen LogP contribution in [0.1, 0.15) is 16.8 Å². The Morgan fingerprint density at radius 3 is 2.46 bits per heavy atom. The van der Waals surface area contributed by atoms with Crippen LogP contribution in [0.25, 0.3) is 11.3 Å². The Bertz CT molecular complexity index is 974. The average Bonchev–Trinajstić information content (AvgIpc) is 3.17. The fraction of sp³-hybridized carbons (Fsp3) is 0.190. The third-order valence-electron chi connectivity index (χ3n) is 4.49. The lowest BCUT2D eigenvalue weighted by atomic mass is 10.1. The Kier molecular flexibility index (Phi) is 7.25. The van der Waals surface area contributed by atoms with Crippen LogP contribution in [-0.2, 0) is 6.54 Å². The molecule has 0 saturated heterocycles. The van der Waals surface area contributed by atoms with E-state index in [4.69, 9.17) is 0 Å². The van der Waals surface area contributed by atoms with Crippen LogP contribution in [0, 0.1) is 0 Å². The number of amides is 1. The number of carbonyl (C=O) groups excluding carboxylic acids is 1. The SMILES string of the molecule is CSC(=NC(=O)c1ccccc1)N1CCC[n+]2c(-c3ccccc3)csc21.[I-]. The smallest absolute Gasteiger partial charge is 0.343 e. The highest BCUT2D eigenvalue weighted by atomic mass is 127. The van der Waals surface area contributed by atoms with Gasteiger partial charge >= 0.3 is 5.13 Å². The second kappa shape index (κ2) is 9.67. The summed E-state index contributed by atoms with van der Waals surface area (Å²) in [6.07, 6.45) is 3.00. The second-order valence-electron chi connectivity index (χ2n) is 6.20. The molecule has 0 fully saturated rings. The van der Waals surface area contributed by atoms with Gasteiger partial charge in [0, 0.05) is 22.9 Å². The van der Waals surface area contributed by atoms with Crippen molar-refractivity contribution in [2.45, 2.75) is 13.0 Å². The molecule has 7 heteroatoms. The van der Waals surface area contributed by atoms with E-state index >= 15 is 0 Å². The monoisotopic (exact) mass is 521 g/mol. The van der Waals surface area contributed by atoms with Crippen molar-refractivity contribution in [3.63, 3.8) is 0 Å². The molecule has 1 aromatic heterocycles. The van der Waals surface area contributed by atoms with E-state index in [9.17, 15) is 4.79 Å². The fourth-order valence-corrected chi connectivity index (χ4v) is 4.94. The predicted molar refractivity (Wildman–Crippen MR) is 114 cm³/mol. The van der Waals surface area contributed by atoms with E-state index in [-0.39, 0.29) is 29.9 Å². The predicted octanol–water partition coefficient (Wildman–Crippen LogP) is 1.48. The van der Waals surface area contributed by atoms with Crippen molar-refractivity contribution in [3.05, 3.63) is 71.6 Å². The molecule has 0 saturated carbocycles. The Morgan fingerprint density at radius 2 is 1.79 bits per heavy atom. The van der Waals surface area contributed by atoms with Crippen molar-refractivity contribution >= 4 is 39.3 Å². The summed E-state index contributed by atoms with van der Waals surface area (Å²) in [6.45, 7) is 1.85. The maximum atomic E-state index is 12.6. The number of aliphatic imine (C=N–C) groups is 1. The van der Waals surface area contributed by atoms with Gasteiger partial charge in [0.1, 0.15) is 5.69 Å². The molecular weight excluding hydrogens is 501 g/mol. The van der Waals surface area contributed by atoms with E-state index in [2.05, 4.69) is 44.1 Å². The van der Waals surface area contributed by atoms with Gasteiger partial charge in [-0.2, -0.15) is 9.89 Å². The van der Waals surface area contributed by atoms with Crippen LogP contribution < -0.4 is 33.4 Å². The van der Waals surface area contributed by atoms with Gasteiger partial charge in [0.15, 0.2) is 0 Å². The minimum absolute atomic E-state index is 0. The number of hydrogen-bond acceptors (Lipinski definition) is 3. The van der Waals surface area contributed by atoms with Crippen molar-refractivity contribution in [3.8, 4) is 11.3 Å². The molecule has 2 heterocycles. The molecule has 0 aliphatic carbocycles. The highest BCUT2D eigenvalue weighted by Crippen LogP contribution is 2.30. The summed E-state index contributed by atoms with van der Waals surface area (Å²) in [7, 11) is 0. The van der Waals surface area contributed by atoms with E-state index in [1.807, 2.05) is 30.5 Å². The Hall–Kier alpha value is -1.71. The zero-order valence-corrected chi connectivity index (χ0v) is 19.2. The lowest BCUT2D eigenvalue weighted by Crippen LogP contribution is -3.00. The molecule has 0 unspecified atom stereocenters. The average molecular weight is 521 g/mol. The first kappa shape index (κ1) is 21.0. The minimum atomic E-state index is -0.197. The van der Waals surface area contributed by atoms with Crippen molar-refractivity contribution in [2.75, 3.05) is 17.7 Å². The van der Waals surface area contributed by atoms with E-state index in [1.54, 1.807) is 23.5 Å². The standard InChI is InChI=1S/C21H20N3OS2.HI/c1-26-20(22-19(25)17-11-6-3-7-12-17)24-14-8-13-23-18(15-27-21(23)24)16-9-4-2-5-10-16;/h2-7,9-12,15H,8,13-14H2,1H3;1H/q+1;/p-1. The normalized spacial score (nSPS) is 13.6. The molecule has 0 N–H and O–H groups in total. The Labute approximate surface area is 190 Å². The second-order valence-corrected chi connectivity index (χ2v) is 7.81. The molecule has 4 nitrogen and oxygen atoms in total. The van der Waals surface area contributed by atoms with Gasteiger partial charge in [0.05, 0.1) is 13.1 Å². The molecule has 2 aromatic carbocycles. The lowest BCUT2D eigenvalue weighted by Gasteiger charge is -2.21. The van der Waals surface area contributed by atoms with Crippen molar-refractivity contribution in [1.29, 1.82) is 0 Å². The van der Waals surface area contributed by atoms with Gasteiger partial charge in [-0.15, -0.1) is 0 Å². The summed E-state index contributed by atoms with van der Waals surface area (Å²) in [5, 5.41) is 4.08. The van der Waals surface area contributed by atoms with E-state index in [0.717, 1.165) is 29.8 Å². The molecule has 1 aliphatic heterocycles. The quantitative estimate of drug-likeness (QED) is 0.222. The molecule has 0 spiro atoms. The van der Waals surface area contributed by atoms with Crippen LogP contribution in [-0.4, -0.2) is 23.9 Å². The number of aromatic nitrogens is 1. The largest absolute Gasteiger partial charge is 1.00 e. The number of hydrogen-bond donors (Lipinski definition) is 0. The minimum Gasteiger partial charge on any atom is -1.00 e. The summed E-state index contributed by atoms with van der Waals surface area (Å²) in [6, 6.07) is 19.7. The van der Waals surface area contributed by atoms with Crippen LogP contribution in [0.4, 0.5) is 5.13 Å². The molecule has 0 radical (unpaired) electrons. The topological polar surface area (TPSA) is 36.6 Å². The van der Waals surface area contributed by atoms with Crippen LogP contribution in [0.5, 0.6) is 0 Å². The maximum Gasteiger partial charge on any atom is 0.343 e. The first-order valence-electron chi connectivity index (χ1n) is 8.84. The van der Waals surface area contributed by atoms with Gasteiger partial charge in [0.25, 0.3) is 11.1 Å². The van der Waals surface area contributed by atoms with E-state index < -0.39 is 0 Å². The summed E-state index contributed by atoms with van der Waals surface area (Å²) in [5.41, 5.74) is 3.05. The van der Waals surface area contributed by atoms with Crippen molar-refractivity contribution in [2.24, 2.45) is 4.99 Å². The van der Waals surface area contributed by atoms with Crippen LogP contribution in [0.3, 0.4) is 0 Å². The highest BCUT2D eigenvalue weighted by molar-refractivity contribution is 8.13. The number of anilines is 1. The number of carbonyl (C=O) groups is 1. The number of amidine groups is 1. The van der Waals surface area contributed by atoms with Crippen molar-refractivity contribution < 1.29 is 33.3 Å². The van der Waals surface area contributed by atoms with Crippen molar-refractivity contribution in [1.82, 2.24) is 0 Å². The van der Waals surface area contributed by atoms with Gasteiger partial charge in [-0.1, -0.05) is 71.6 Å². The summed E-state index contributed by atoms with van der Waals surface area (Å²) in [4.78, 5) is 19.2. The number of benzene rings is 2. The Morgan fingerprint density at radius 1 is 1.11 bits per heavy atom. The third-order valence-corrected chi connectivity index (χ3v) is 6.16. The Balaban J connectivity index is 0.00000225. The first-order chi connectivity index (χ1) is 13.3. The van der Waals surface area contributed by atoms with E-state index in [1.165, 1.54) is 23.0 Å². The van der Waals surface area contributed by atoms with Gasteiger partial charge in [-0.25, -0.2) is 4.57 Å².